The van der Waals surface area contributed by atoms with Crippen LogP contribution in [-0.4, -0.2) is 29.1 Å². The van der Waals surface area contributed by atoms with Crippen LogP contribution in [0, 0.1) is 5.82 Å². The molecule has 128 valence electrons. The summed E-state index contributed by atoms with van der Waals surface area (Å²) < 4.78 is 18.6. The van der Waals surface area contributed by atoms with Gasteiger partial charge in [-0.15, -0.1) is 12.4 Å². The molecule has 1 aliphatic heterocycles. The number of fused-ring (bicyclic) bond motifs is 1. The van der Waals surface area contributed by atoms with Crippen LogP contribution in [0.15, 0.2) is 42.5 Å². The summed E-state index contributed by atoms with van der Waals surface area (Å²) in [4.78, 5) is 13.5. The summed E-state index contributed by atoms with van der Waals surface area (Å²) in [7, 11) is 1.60. The van der Waals surface area contributed by atoms with Crippen LogP contribution in [-0.2, 0) is 24.3 Å². The second-order valence-corrected chi connectivity index (χ2v) is 5.72. The average molecular weight is 352 g/mol. The Morgan fingerprint density at radius 2 is 1.96 bits per heavy atom. The molecular weight excluding hydrogens is 333 g/mol. The van der Waals surface area contributed by atoms with E-state index in [1.165, 1.54) is 12.1 Å². The fourth-order valence-electron chi connectivity index (χ4n) is 2.98. The van der Waals surface area contributed by atoms with Crippen LogP contribution < -0.4 is 4.74 Å². The number of carboxylic acids is 1. The molecule has 1 atom stereocenters. The molecule has 6 heteroatoms. The van der Waals surface area contributed by atoms with Crippen molar-refractivity contribution in [2.75, 3.05) is 7.11 Å². The van der Waals surface area contributed by atoms with Crippen LogP contribution >= 0.6 is 12.4 Å². The lowest BCUT2D eigenvalue weighted by Crippen LogP contribution is -2.45. The Hall–Kier alpha value is -2.11. The highest BCUT2D eigenvalue weighted by molar-refractivity contribution is 5.85. The average Bonchev–Trinajstić information content (AvgIpc) is 2.54. The molecule has 0 saturated heterocycles. The molecule has 0 aliphatic carbocycles. The Bertz CT molecular complexity index is 721. The predicted octanol–water partition coefficient (Wildman–Crippen LogP) is 3.27. The SMILES string of the molecule is COc1ccc(CN2Cc3cc(F)ccc3CC2C(=O)O)cc1.Cl. The third-order valence-corrected chi connectivity index (χ3v) is 4.23. The number of ether oxygens (including phenoxy) is 1. The fraction of sp³-hybridized carbons (Fsp3) is 0.278. The molecule has 1 unspecified atom stereocenters. The topological polar surface area (TPSA) is 49.8 Å². The van der Waals surface area contributed by atoms with Crippen molar-refractivity contribution in [3.05, 3.63) is 65.0 Å². The first kappa shape index (κ1) is 18.2. The van der Waals surface area contributed by atoms with E-state index in [4.69, 9.17) is 4.74 Å². The maximum Gasteiger partial charge on any atom is 0.321 e. The van der Waals surface area contributed by atoms with E-state index in [1.807, 2.05) is 29.2 Å². The summed E-state index contributed by atoms with van der Waals surface area (Å²) in [5, 5.41) is 9.51. The number of halogens is 2. The zero-order valence-corrected chi connectivity index (χ0v) is 14.1. The summed E-state index contributed by atoms with van der Waals surface area (Å²) >= 11 is 0. The highest BCUT2D eigenvalue weighted by Gasteiger charge is 2.31. The second-order valence-electron chi connectivity index (χ2n) is 5.72. The van der Waals surface area contributed by atoms with Gasteiger partial charge in [-0.3, -0.25) is 9.69 Å². The third kappa shape index (κ3) is 3.86. The van der Waals surface area contributed by atoms with Crippen LogP contribution in [0.25, 0.3) is 0 Å². The molecule has 3 rings (SSSR count). The Labute approximate surface area is 146 Å². The summed E-state index contributed by atoms with van der Waals surface area (Å²) in [6, 6.07) is 11.5. The normalized spacial score (nSPS) is 16.8. The highest BCUT2D eigenvalue weighted by Crippen LogP contribution is 2.26. The van der Waals surface area contributed by atoms with Gasteiger partial charge in [0.2, 0.25) is 0 Å². The first-order valence-electron chi connectivity index (χ1n) is 7.44. The van der Waals surface area contributed by atoms with Gasteiger partial charge in [-0.05, 0) is 47.4 Å². The lowest BCUT2D eigenvalue weighted by atomic mass is 9.93. The van der Waals surface area contributed by atoms with Crippen molar-refractivity contribution in [1.82, 2.24) is 4.90 Å². The number of benzene rings is 2. The molecule has 0 bridgehead atoms. The minimum Gasteiger partial charge on any atom is -0.497 e. The fourth-order valence-corrected chi connectivity index (χ4v) is 2.98. The van der Waals surface area contributed by atoms with Gasteiger partial charge in [0.05, 0.1) is 7.11 Å². The van der Waals surface area contributed by atoms with Gasteiger partial charge in [0.25, 0.3) is 0 Å². The van der Waals surface area contributed by atoms with E-state index in [1.54, 1.807) is 13.2 Å². The van der Waals surface area contributed by atoms with Crippen molar-refractivity contribution in [2.45, 2.75) is 25.6 Å². The van der Waals surface area contributed by atoms with Crippen LogP contribution in [0.4, 0.5) is 4.39 Å². The van der Waals surface area contributed by atoms with Gasteiger partial charge >= 0.3 is 5.97 Å². The molecule has 0 spiro atoms. The standard InChI is InChI=1S/C18H18FNO3.ClH/c1-23-16-6-2-12(3-7-16)10-20-11-14-8-15(19)5-4-13(14)9-17(20)18(21)22;/h2-8,17H,9-11H2,1H3,(H,21,22);1H. The van der Waals surface area contributed by atoms with E-state index in [0.717, 1.165) is 22.4 Å². The Morgan fingerprint density at radius 3 is 2.58 bits per heavy atom. The van der Waals surface area contributed by atoms with Gasteiger partial charge < -0.3 is 9.84 Å². The minimum absolute atomic E-state index is 0. The molecule has 1 heterocycles. The maximum absolute atomic E-state index is 13.4. The van der Waals surface area contributed by atoms with E-state index in [9.17, 15) is 14.3 Å². The van der Waals surface area contributed by atoms with Crippen molar-refractivity contribution in [1.29, 1.82) is 0 Å². The van der Waals surface area contributed by atoms with Crippen molar-refractivity contribution >= 4 is 18.4 Å². The van der Waals surface area contributed by atoms with Gasteiger partial charge in [-0.1, -0.05) is 18.2 Å². The van der Waals surface area contributed by atoms with Crippen LogP contribution in [0.1, 0.15) is 16.7 Å². The van der Waals surface area contributed by atoms with Crippen molar-refractivity contribution in [2.24, 2.45) is 0 Å². The van der Waals surface area contributed by atoms with Gasteiger partial charge in [0.1, 0.15) is 17.6 Å². The van der Waals surface area contributed by atoms with Crippen LogP contribution in [0.3, 0.4) is 0 Å². The maximum atomic E-state index is 13.4. The molecule has 4 nitrogen and oxygen atoms in total. The van der Waals surface area contributed by atoms with Crippen molar-refractivity contribution in [3.8, 4) is 5.75 Å². The minimum atomic E-state index is -0.853. The zero-order valence-electron chi connectivity index (χ0n) is 13.2. The van der Waals surface area contributed by atoms with E-state index in [0.29, 0.717) is 19.5 Å². The number of carbonyl (C=O) groups is 1. The quantitative estimate of drug-likeness (QED) is 0.918. The van der Waals surface area contributed by atoms with E-state index in [2.05, 4.69) is 0 Å². The molecule has 24 heavy (non-hydrogen) atoms. The highest BCUT2D eigenvalue weighted by atomic mass is 35.5. The monoisotopic (exact) mass is 351 g/mol. The van der Waals surface area contributed by atoms with Crippen LogP contribution in [0.2, 0.25) is 0 Å². The predicted molar refractivity (Wildman–Crippen MR) is 91.0 cm³/mol. The van der Waals surface area contributed by atoms with E-state index in [-0.39, 0.29) is 18.2 Å². The Morgan fingerprint density at radius 1 is 1.25 bits per heavy atom. The number of hydrogen-bond acceptors (Lipinski definition) is 3. The van der Waals surface area contributed by atoms with E-state index >= 15 is 0 Å². The number of rotatable bonds is 4. The lowest BCUT2D eigenvalue weighted by Gasteiger charge is -2.34. The molecule has 0 amide bonds. The Balaban J connectivity index is 0.00000208. The molecule has 0 saturated carbocycles. The zero-order chi connectivity index (χ0) is 16.4. The third-order valence-electron chi connectivity index (χ3n) is 4.23. The lowest BCUT2D eigenvalue weighted by molar-refractivity contribution is -0.144. The second kappa shape index (κ2) is 7.64. The summed E-state index contributed by atoms with van der Waals surface area (Å²) in [5.74, 6) is -0.384. The number of aliphatic carboxylic acids is 1. The summed E-state index contributed by atoms with van der Waals surface area (Å²) in [6.07, 6.45) is 0.390. The first-order chi connectivity index (χ1) is 11.1. The molecule has 2 aromatic carbocycles. The van der Waals surface area contributed by atoms with Gasteiger partial charge in [0, 0.05) is 13.1 Å². The van der Waals surface area contributed by atoms with Crippen LogP contribution in [0.5, 0.6) is 5.75 Å². The molecule has 1 aliphatic rings. The first-order valence-corrected chi connectivity index (χ1v) is 7.44. The van der Waals surface area contributed by atoms with E-state index < -0.39 is 12.0 Å². The smallest absolute Gasteiger partial charge is 0.321 e. The van der Waals surface area contributed by atoms with Crippen molar-refractivity contribution in [3.63, 3.8) is 0 Å². The molecular formula is C18H19ClFNO3. The molecule has 0 aromatic heterocycles. The number of carboxylic acid groups (broad SMARTS) is 1. The Kier molecular flexibility index (Phi) is 5.80. The molecule has 0 fully saturated rings. The number of nitrogens with zero attached hydrogens (tertiary/aromatic N) is 1. The molecule has 0 radical (unpaired) electrons. The summed E-state index contributed by atoms with van der Waals surface area (Å²) in [6.45, 7) is 0.924. The number of methoxy groups -OCH3 is 1. The van der Waals surface area contributed by atoms with Crippen molar-refractivity contribution < 1.29 is 19.0 Å². The summed E-state index contributed by atoms with van der Waals surface area (Å²) in [5.41, 5.74) is 2.76. The van der Waals surface area contributed by atoms with Gasteiger partial charge in [-0.25, -0.2) is 4.39 Å². The largest absolute Gasteiger partial charge is 0.497 e. The van der Waals surface area contributed by atoms with Gasteiger partial charge in [-0.2, -0.15) is 0 Å². The van der Waals surface area contributed by atoms with Gasteiger partial charge in [0.15, 0.2) is 0 Å². The molecule has 2 aromatic rings. The molecule has 1 N–H and O–H groups in total. The number of hydrogen-bond donors (Lipinski definition) is 1.